The van der Waals surface area contributed by atoms with Gasteiger partial charge in [-0.15, -0.1) is 0 Å². The number of aliphatic hydroxyl groups is 1. The number of hydrogen-bond donors (Lipinski definition) is 1. The van der Waals surface area contributed by atoms with Crippen molar-refractivity contribution in [2.75, 3.05) is 20.1 Å². The molecule has 0 heterocycles. The minimum atomic E-state index is -0.714. The average molecular weight is 297 g/mol. The second-order valence-electron chi connectivity index (χ2n) is 6.17. The lowest BCUT2D eigenvalue weighted by atomic mass is 10.1. The molecule has 0 aliphatic heterocycles. The van der Waals surface area contributed by atoms with Gasteiger partial charge in [0.15, 0.2) is 0 Å². The molecule has 0 bridgehead atoms. The van der Waals surface area contributed by atoms with Gasteiger partial charge in [0, 0.05) is 13.1 Å². The number of halogens is 1. The summed E-state index contributed by atoms with van der Waals surface area (Å²) in [4.78, 5) is 13.4. The summed E-state index contributed by atoms with van der Waals surface area (Å²) in [6, 6.07) is 5.75. The molecular formula is C16H24FNO3. The smallest absolute Gasteiger partial charge is 0.307 e. The van der Waals surface area contributed by atoms with Crippen LogP contribution in [0.25, 0.3) is 0 Å². The van der Waals surface area contributed by atoms with Crippen molar-refractivity contribution in [3.8, 4) is 0 Å². The van der Waals surface area contributed by atoms with Crippen LogP contribution in [-0.2, 0) is 9.53 Å². The van der Waals surface area contributed by atoms with E-state index in [1.54, 1.807) is 12.1 Å². The van der Waals surface area contributed by atoms with Gasteiger partial charge in [-0.25, -0.2) is 4.39 Å². The highest BCUT2D eigenvalue weighted by Gasteiger charge is 2.17. The fourth-order valence-corrected chi connectivity index (χ4v) is 1.85. The number of carbonyl (C=O) groups is 1. The Labute approximate surface area is 125 Å². The molecule has 0 aliphatic carbocycles. The second-order valence-corrected chi connectivity index (χ2v) is 6.17. The van der Waals surface area contributed by atoms with E-state index in [9.17, 15) is 14.3 Å². The van der Waals surface area contributed by atoms with Crippen molar-refractivity contribution in [2.45, 2.75) is 38.9 Å². The number of likely N-dealkylation sites (N-methyl/N-ethyl adjacent to an activating group) is 1. The first-order chi connectivity index (χ1) is 9.67. The van der Waals surface area contributed by atoms with E-state index in [1.165, 1.54) is 12.1 Å². The molecule has 1 unspecified atom stereocenters. The number of rotatable bonds is 6. The van der Waals surface area contributed by atoms with Crippen molar-refractivity contribution in [1.29, 1.82) is 0 Å². The largest absolute Gasteiger partial charge is 0.460 e. The normalized spacial score (nSPS) is 13.3. The number of carbonyl (C=O) groups excluding carboxylic acids is 1. The van der Waals surface area contributed by atoms with Gasteiger partial charge in [0.1, 0.15) is 11.4 Å². The zero-order chi connectivity index (χ0) is 16.0. The fourth-order valence-electron chi connectivity index (χ4n) is 1.85. The van der Waals surface area contributed by atoms with Crippen LogP contribution in [0.3, 0.4) is 0 Å². The van der Waals surface area contributed by atoms with Crippen LogP contribution >= 0.6 is 0 Å². The van der Waals surface area contributed by atoms with Gasteiger partial charge < -0.3 is 14.7 Å². The molecule has 5 heteroatoms. The van der Waals surface area contributed by atoms with Crippen molar-refractivity contribution in [3.05, 3.63) is 35.6 Å². The van der Waals surface area contributed by atoms with Gasteiger partial charge in [-0.2, -0.15) is 0 Å². The lowest BCUT2D eigenvalue weighted by molar-refractivity contribution is -0.155. The highest BCUT2D eigenvalue weighted by Crippen LogP contribution is 2.15. The van der Waals surface area contributed by atoms with Crippen molar-refractivity contribution in [1.82, 2.24) is 4.90 Å². The van der Waals surface area contributed by atoms with Gasteiger partial charge in [0.2, 0.25) is 0 Å². The maximum absolute atomic E-state index is 12.8. The van der Waals surface area contributed by atoms with Gasteiger partial charge in [0.25, 0.3) is 0 Å². The van der Waals surface area contributed by atoms with Crippen molar-refractivity contribution < 1.29 is 19.0 Å². The highest BCUT2D eigenvalue weighted by atomic mass is 19.1. The highest BCUT2D eigenvalue weighted by molar-refractivity contribution is 5.70. The van der Waals surface area contributed by atoms with Gasteiger partial charge in [0.05, 0.1) is 12.5 Å². The summed E-state index contributed by atoms with van der Waals surface area (Å²) in [6.45, 7) is 6.34. The Hall–Kier alpha value is -1.46. The van der Waals surface area contributed by atoms with E-state index < -0.39 is 11.7 Å². The second kappa shape index (κ2) is 7.52. The first-order valence-electron chi connectivity index (χ1n) is 7.01. The molecule has 21 heavy (non-hydrogen) atoms. The quantitative estimate of drug-likeness (QED) is 0.820. The predicted octanol–water partition coefficient (Wildman–Crippen LogP) is 2.52. The molecule has 1 aromatic carbocycles. The number of esters is 1. The zero-order valence-corrected chi connectivity index (χ0v) is 13.1. The van der Waals surface area contributed by atoms with Crippen LogP contribution in [-0.4, -0.2) is 41.7 Å². The van der Waals surface area contributed by atoms with Crippen LogP contribution in [0.2, 0.25) is 0 Å². The third-order valence-electron chi connectivity index (χ3n) is 2.86. The molecule has 1 atom stereocenters. The van der Waals surface area contributed by atoms with Crippen molar-refractivity contribution >= 4 is 5.97 Å². The van der Waals surface area contributed by atoms with Crippen LogP contribution in [0.1, 0.15) is 38.9 Å². The van der Waals surface area contributed by atoms with E-state index in [0.717, 1.165) is 0 Å². The number of hydrogen-bond acceptors (Lipinski definition) is 4. The van der Waals surface area contributed by atoms with Crippen LogP contribution in [0.4, 0.5) is 4.39 Å². The third-order valence-corrected chi connectivity index (χ3v) is 2.86. The lowest BCUT2D eigenvalue weighted by Gasteiger charge is -2.22. The Morgan fingerprint density at radius 2 is 1.90 bits per heavy atom. The molecule has 0 radical (unpaired) electrons. The van der Waals surface area contributed by atoms with Gasteiger partial charge in [-0.1, -0.05) is 12.1 Å². The van der Waals surface area contributed by atoms with E-state index in [2.05, 4.69) is 0 Å². The van der Waals surface area contributed by atoms with Gasteiger partial charge in [-0.3, -0.25) is 4.79 Å². The van der Waals surface area contributed by atoms with E-state index in [0.29, 0.717) is 18.7 Å². The summed E-state index contributed by atoms with van der Waals surface area (Å²) in [5.74, 6) is -0.588. The molecule has 0 amide bonds. The molecule has 0 spiro atoms. The molecule has 4 nitrogen and oxygen atoms in total. The van der Waals surface area contributed by atoms with Crippen LogP contribution in [0, 0.1) is 5.82 Å². The topological polar surface area (TPSA) is 49.8 Å². The predicted molar refractivity (Wildman–Crippen MR) is 79.3 cm³/mol. The molecule has 1 N–H and O–H groups in total. The summed E-state index contributed by atoms with van der Waals surface area (Å²) < 4.78 is 18.0. The number of ether oxygens (including phenoxy) is 1. The van der Waals surface area contributed by atoms with E-state index in [-0.39, 0.29) is 18.2 Å². The van der Waals surface area contributed by atoms with Crippen LogP contribution < -0.4 is 0 Å². The molecule has 1 aromatic rings. The summed E-state index contributed by atoms with van der Waals surface area (Å²) in [7, 11) is 1.82. The SMILES string of the molecule is CN(CCC(=O)OC(C)(C)C)CC(O)c1ccc(F)cc1. The zero-order valence-electron chi connectivity index (χ0n) is 13.1. The number of aliphatic hydroxyl groups excluding tert-OH is 1. The summed E-state index contributed by atoms with van der Waals surface area (Å²) in [5.41, 5.74) is 0.170. The van der Waals surface area contributed by atoms with E-state index in [1.807, 2.05) is 32.7 Å². The molecule has 118 valence electrons. The van der Waals surface area contributed by atoms with Gasteiger partial charge >= 0.3 is 5.97 Å². The molecule has 1 rings (SSSR count). The van der Waals surface area contributed by atoms with E-state index in [4.69, 9.17) is 4.74 Å². The molecule has 0 saturated heterocycles. The maximum atomic E-state index is 12.8. The Bertz CT molecular complexity index is 454. The Kier molecular flexibility index (Phi) is 6.30. The molecule has 0 aliphatic rings. The number of nitrogens with zero attached hydrogens (tertiary/aromatic N) is 1. The van der Waals surface area contributed by atoms with Crippen molar-refractivity contribution in [2.24, 2.45) is 0 Å². The van der Waals surface area contributed by atoms with Crippen LogP contribution in [0.5, 0.6) is 0 Å². The fraction of sp³-hybridized carbons (Fsp3) is 0.562. The van der Waals surface area contributed by atoms with Crippen LogP contribution in [0.15, 0.2) is 24.3 Å². The Morgan fingerprint density at radius 3 is 2.43 bits per heavy atom. The summed E-state index contributed by atoms with van der Waals surface area (Å²) in [5, 5.41) is 10.1. The Balaban J connectivity index is 2.38. The third kappa shape index (κ3) is 7.20. The minimum Gasteiger partial charge on any atom is -0.460 e. The maximum Gasteiger partial charge on any atom is 0.307 e. The Morgan fingerprint density at radius 1 is 1.33 bits per heavy atom. The molecule has 0 aromatic heterocycles. The summed E-state index contributed by atoms with van der Waals surface area (Å²) >= 11 is 0. The van der Waals surface area contributed by atoms with E-state index >= 15 is 0 Å². The standard InChI is InChI=1S/C16H24FNO3/c1-16(2,3)21-15(20)9-10-18(4)11-14(19)12-5-7-13(17)8-6-12/h5-8,14,19H,9-11H2,1-4H3. The first kappa shape index (κ1) is 17.6. The van der Waals surface area contributed by atoms with Gasteiger partial charge in [-0.05, 0) is 45.5 Å². The van der Waals surface area contributed by atoms with Crippen molar-refractivity contribution in [3.63, 3.8) is 0 Å². The molecule has 0 fully saturated rings. The molecular weight excluding hydrogens is 273 g/mol. The minimum absolute atomic E-state index is 0.259. The average Bonchev–Trinajstić information content (AvgIpc) is 2.35. The molecule has 0 saturated carbocycles. The monoisotopic (exact) mass is 297 g/mol. The number of benzene rings is 1. The summed E-state index contributed by atoms with van der Waals surface area (Å²) in [6.07, 6.45) is -0.446. The lowest BCUT2D eigenvalue weighted by Crippen LogP contribution is -2.30. The first-order valence-corrected chi connectivity index (χ1v) is 7.01.